The smallest absolute Gasteiger partial charge is 0.292 e. The number of amides is 1. The van der Waals surface area contributed by atoms with Crippen molar-refractivity contribution in [3.63, 3.8) is 0 Å². The average Bonchev–Trinajstić information content (AvgIpc) is 2.94. The van der Waals surface area contributed by atoms with Crippen molar-refractivity contribution >= 4 is 11.6 Å². The van der Waals surface area contributed by atoms with Gasteiger partial charge in [0.1, 0.15) is 6.33 Å². The second-order valence-corrected chi connectivity index (χ2v) is 3.59. The van der Waals surface area contributed by atoms with E-state index in [0.29, 0.717) is 23.8 Å². The van der Waals surface area contributed by atoms with E-state index in [-0.39, 0.29) is 11.7 Å². The zero-order chi connectivity index (χ0) is 13.7. The number of anilines is 1. The van der Waals surface area contributed by atoms with Gasteiger partial charge in [-0.1, -0.05) is 0 Å². The molecule has 0 bridgehead atoms. The Morgan fingerprint density at radius 2 is 2.26 bits per heavy atom. The molecule has 0 saturated carbocycles. The van der Waals surface area contributed by atoms with Crippen LogP contribution in [0.1, 0.15) is 17.5 Å². The van der Waals surface area contributed by atoms with Crippen LogP contribution in [-0.2, 0) is 0 Å². The second kappa shape index (κ2) is 5.85. The fraction of sp³-hybridized carbons (Fsp3) is 0.250. The number of methoxy groups -OCH3 is 1. The maximum atomic E-state index is 11.8. The highest BCUT2D eigenvalue weighted by Crippen LogP contribution is 2.30. The van der Waals surface area contributed by atoms with Crippen LogP contribution in [0.4, 0.5) is 5.69 Å². The fourth-order valence-electron chi connectivity index (χ4n) is 1.53. The molecular formula is C12H14N4O3. The number of carbonyl (C=O) groups is 1. The molecule has 0 saturated heterocycles. The summed E-state index contributed by atoms with van der Waals surface area (Å²) in [5.74, 6) is 0.955. The molecule has 0 unspecified atom stereocenters. The Morgan fingerprint density at radius 1 is 1.42 bits per heavy atom. The monoisotopic (exact) mass is 262 g/mol. The third-order valence-corrected chi connectivity index (χ3v) is 2.35. The second-order valence-electron chi connectivity index (χ2n) is 3.59. The van der Waals surface area contributed by atoms with Crippen molar-refractivity contribution in [1.82, 2.24) is 15.2 Å². The van der Waals surface area contributed by atoms with Crippen LogP contribution in [0.3, 0.4) is 0 Å². The number of ether oxygens (including phenoxy) is 2. The minimum absolute atomic E-state index is 0.146. The number of hydrogen-bond acceptors (Lipinski definition) is 5. The highest BCUT2D eigenvalue weighted by atomic mass is 16.5. The summed E-state index contributed by atoms with van der Waals surface area (Å²) in [5, 5.41) is 8.78. The predicted molar refractivity (Wildman–Crippen MR) is 68.5 cm³/mol. The van der Waals surface area contributed by atoms with Crippen LogP contribution in [0.25, 0.3) is 0 Å². The van der Waals surface area contributed by atoms with Gasteiger partial charge in [0.25, 0.3) is 5.91 Å². The van der Waals surface area contributed by atoms with E-state index in [2.05, 4.69) is 20.5 Å². The first-order valence-electron chi connectivity index (χ1n) is 5.72. The maximum Gasteiger partial charge on any atom is 0.292 e. The van der Waals surface area contributed by atoms with Crippen molar-refractivity contribution in [2.45, 2.75) is 6.92 Å². The quantitative estimate of drug-likeness (QED) is 0.851. The summed E-state index contributed by atoms with van der Waals surface area (Å²) in [5.41, 5.74) is 0.585. The predicted octanol–water partition coefficient (Wildman–Crippen LogP) is 1.46. The number of nitrogens with one attached hydrogen (secondary N) is 2. The summed E-state index contributed by atoms with van der Waals surface area (Å²) >= 11 is 0. The average molecular weight is 262 g/mol. The first kappa shape index (κ1) is 12.9. The van der Waals surface area contributed by atoms with Crippen molar-refractivity contribution in [2.24, 2.45) is 0 Å². The minimum atomic E-state index is -0.372. The molecule has 1 aromatic heterocycles. The van der Waals surface area contributed by atoms with Crippen LogP contribution in [-0.4, -0.2) is 34.8 Å². The molecule has 1 heterocycles. The lowest BCUT2D eigenvalue weighted by Gasteiger charge is -2.11. The summed E-state index contributed by atoms with van der Waals surface area (Å²) in [6.45, 7) is 2.43. The van der Waals surface area contributed by atoms with E-state index in [9.17, 15) is 4.79 Å². The summed E-state index contributed by atoms with van der Waals surface area (Å²) in [6, 6.07) is 5.14. The van der Waals surface area contributed by atoms with E-state index in [0.717, 1.165) is 0 Å². The number of carbonyl (C=O) groups excluding carboxylic acids is 1. The van der Waals surface area contributed by atoms with Crippen LogP contribution in [0, 0.1) is 0 Å². The largest absolute Gasteiger partial charge is 0.493 e. The van der Waals surface area contributed by atoms with E-state index in [1.807, 2.05) is 6.92 Å². The first-order valence-corrected chi connectivity index (χ1v) is 5.72. The van der Waals surface area contributed by atoms with Crippen LogP contribution < -0.4 is 14.8 Å². The van der Waals surface area contributed by atoms with Gasteiger partial charge in [0, 0.05) is 11.8 Å². The summed E-state index contributed by atoms with van der Waals surface area (Å²) < 4.78 is 10.6. The topological polar surface area (TPSA) is 89.1 Å². The number of H-pyrrole nitrogens is 1. The zero-order valence-electron chi connectivity index (χ0n) is 10.6. The highest BCUT2D eigenvalue weighted by molar-refractivity contribution is 6.01. The van der Waals surface area contributed by atoms with Gasteiger partial charge in [-0.3, -0.25) is 9.89 Å². The molecule has 0 aliphatic heterocycles. The van der Waals surface area contributed by atoms with Gasteiger partial charge in [-0.05, 0) is 19.1 Å². The lowest BCUT2D eigenvalue weighted by Crippen LogP contribution is -2.13. The first-order chi connectivity index (χ1) is 9.24. The van der Waals surface area contributed by atoms with E-state index < -0.39 is 0 Å². The van der Waals surface area contributed by atoms with Gasteiger partial charge in [-0.25, -0.2) is 4.98 Å². The lowest BCUT2D eigenvalue weighted by molar-refractivity contribution is 0.101. The van der Waals surface area contributed by atoms with Crippen molar-refractivity contribution < 1.29 is 14.3 Å². The number of benzene rings is 1. The van der Waals surface area contributed by atoms with Gasteiger partial charge < -0.3 is 14.8 Å². The van der Waals surface area contributed by atoms with Crippen molar-refractivity contribution in [1.29, 1.82) is 0 Å². The van der Waals surface area contributed by atoms with Gasteiger partial charge in [-0.15, -0.1) is 0 Å². The number of aromatic nitrogens is 3. The molecule has 7 nitrogen and oxygen atoms in total. The van der Waals surface area contributed by atoms with Gasteiger partial charge in [-0.2, -0.15) is 5.10 Å². The molecule has 19 heavy (non-hydrogen) atoms. The van der Waals surface area contributed by atoms with Crippen LogP contribution in [0.15, 0.2) is 24.5 Å². The Kier molecular flexibility index (Phi) is 3.97. The maximum absolute atomic E-state index is 11.8. The van der Waals surface area contributed by atoms with E-state index in [4.69, 9.17) is 9.47 Å². The van der Waals surface area contributed by atoms with Crippen LogP contribution in [0.2, 0.25) is 0 Å². The Hall–Kier alpha value is -2.57. The molecule has 2 rings (SSSR count). The lowest BCUT2D eigenvalue weighted by atomic mass is 10.2. The summed E-state index contributed by atoms with van der Waals surface area (Å²) in [6.07, 6.45) is 1.27. The highest BCUT2D eigenvalue weighted by Gasteiger charge is 2.11. The van der Waals surface area contributed by atoms with E-state index in [1.165, 1.54) is 6.33 Å². The van der Waals surface area contributed by atoms with Gasteiger partial charge in [0.2, 0.25) is 5.82 Å². The van der Waals surface area contributed by atoms with Crippen LogP contribution in [0.5, 0.6) is 11.5 Å². The molecule has 0 fully saturated rings. The SMILES string of the molecule is CCOc1ccc(NC(=O)c2ncn[nH]2)cc1OC. The molecule has 2 N–H and O–H groups in total. The fourth-order valence-corrected chi connectivity index (χ4v) is 1.53. The standard InChI is InChI=1S/C12H14N4O3/c1-3-19-9-5-4-8(6-10(9)18-2)15-12(17)11-13-7-14-16-11/h4-7H,3H2,1-2H3,(H,15,17)(H,13,14,16). The Bertz CT molecular complexity index is 554. The van der Waals surface area contributed by atoms with E-state index >= 15 is 0 Å². The molecule has 0 radical (unpaired) electrons. The number of rotatable bonds is 5. The molecule has 2 aromatic rings. The molecule has 0 spiro atoms. The zero-order valence-corrected chi connectivity index (χ0v) is 10.6. The Morgan fingerprint density at radius 3 is 2.89 bits per heavy atom. The summed E-state index contributed by atoms with van der Waals surface area (Å²) in [4.78, 5) is 15.5. The number of nitrogens with zero attached hydrogens (tertiary/aromatic N) is 2. The molecule has 1 amide bonds. The normalized spacial score (nSPS) is 10.0. The minimum Gasteiger partial charge on any atom is -0.493 e. The van der Waals surface area contributed by atoms with Gasteiger partial charge in [0.15, 0.2) is 11.5 Å². The van der Waals surface area contributed by atoms with Crippen molar-refractivity contribution in [3.05, 3.63) is 30.4 Å². The van der Waals surface area contributed by atoms with E-state index in [1.54, 1.807) is 25.3 Å². The molecule has 0 aliphatic rings. The third kappa shape index (κ3) is 3.01. The Labute approximate surface area is 110 Å². The molecule has 1 aromatic carbocycles. The molecule has 0 atom stereocenters. The molecule has 7 heteroatoms. The molecular weight excluding hydrogens is 248 g/mol. The van der Waals surface area contributed by atoms with Gasteiger partial charge >= 0.3 is 0 Å². The Balaban J connectivity index is 2.15. The van der Waals surface area contributed by atoms with Crippen molar-refractivity contribution in [3.8, 4) is 11.5 Å². The summed E-state index contributed by atoms with van der Waals surface area (Å²) in [7, 11) is 1.54. The third-order valence-electron chi connectivity index (χ3n) is 2.35. The molecule has 100 valence electrons. The van der Waals surface area contributed by atoms with Gasteiger partial charge in [0.05, 0.1) is 13.7 Å². The van der Waals surface area contributed by atoms with Crippen LogP contribution >= 0.6 is 0 Å². The van der Waals surface area contributed by atoms with Crippen molar-refractivity contribution in [2.75, 3.05) is 19.0 Å². The number of aromatic amines is 1. The molecule has 0 aliphatic carbocycles. The number of hydrogen-bond donors (Lipinski definition) is 2.